The van der Waals surface area contributed by atoms with Gasteiger partial charge in [0.1, 0.15) is 0 Å². The SMILES string of the molecule is CCc1ccc(C(C)NC(=O)Nc2ccccc2CC(=O)N(C)C)cc1. The number of likely N-dealkylation sites (N-methyl/N-ethyl adjacent to an activating group) is 1. The summed E-state index contributed by atoms with van der Waals surface area (Å²) in [5.41, 5.74) is 3.76. The molecule has 5 heteroatoms. The fourth-order valence-corrected chi connectivity index (χ4v) is 2.60. The van der Waals surface area contributed by atoms with Gasteiger partial charge in [-0.3, -0.25) is 4.79 Å². The first-order valence-corrected chi connectivity index (χ1v) is 8.85. The van der Waals surface area contributed by atoms with Crippen molar-refractivity contribution < 1.29 is 9.59 Å². The van der Waals surface area contributed by atoms with Crippen LogP contribution in [0.25, 0.3) is 0 Å². The number of anilines is 1. The Morgan fingerprint density at radius 2 is 1.69 bits per heavy atom. The average Bonchev–Trinajstić information content (AvgIpc) is 2.63. The highest BCUT2D eigenvalue weighted by atomic mass is 16.2. The summed E-state index contributed by atoms with van der Waals surface area (Å²) >= 11 is 0. The molecule has 0 aliphatic rings. The lowest BCUT2D eigenvalue weighted by molar-refractivity contribution is -0.127. The molecule has 0 saturated carbocycles. The van der Waals surface area contributed by atoms with E-state index in [2.05, 4.69) is 29.7 Å². The highest BCUT2D eigenvalue weighted by Gasteiger charge is 2.13. The summed E-state index contributed by atoms with van der Waals surface area (Å²) < 4.78 is 0. The van der Waals surface area contributed by atoms with Crippen molar-refractivity contribution in [2.24, 2.45) is 0 Å². The van der Waals surface area contributed by atoms with E-state index in [0.29, 0.717) is 5.69 Å². The predicted octanol–water partition coefficient (Wildman–Crippen LogP) is 3.76. The number of rotatable bonds is 6. The summed E-state index contributed by atoms with van der Waals surface area (Å²) in [5, 5.41) is 5.80. The summed E-state index contributed by atoms with van der Waals surface area (Å²) in [6.45, 7) is 4.06. The minimum absolute atomic E-state index is 0.0101. The summed E-state index contributed by atoms with van der Waals surface area (Å²) in [6.07, 6.45) is 1.24. The number of aryl methyl sites for hydroxylation is 1. The quantitative estimate of drug-likeness (QED) is 0.830. The van der Waals surface area contributed by atoms with Crippen molar-refractivity contribution in [1.82, 2.24) is 10.2 Å². The van der Waals surface area contributed by atoms with E-state index in [1.165, 1.54) is 5.56 Å². The number of amides is 3. The molecule has 2 aromatic carbocycles. The molecular formula is C21H27N3O2. The topological polar surface area (TPSA) is 61.4 Å². The molecule has 3 amide bonds. The molecule has 0 aliphatic heterocycles. The van der Waals surface area contributed by atoms with Crippen LogP contribution in [0.15, 0.2) is 48.5 Å². The molecule has 0 spiro atoms. The van der Waals surface area contributed by atoms with Gasteiger partial charge in [-0.2, -0.15) is 0 Å². The lowest BCUT2D eigenvalue weighted by Gasteiger charge is -2.17. The minimum atomic E-state index is -0.290. The summed E-state index contributed by atoms with van der Waals surface area (Å²) in [4.78, 5) is 25.9. The van der Waals surface area contributed by atoms with Crippen molar-refractivity contribution in [2.75, 3.05) is 19.4 Å². The van der Waals surface area contributed by atoms with Crippen LogP contribution in [-0.4, -0.2) is 30.9 Å². The number of hydrogen-bond acceptors (Lipinski definition) is 2. The molecule has 1 atom stereocenters. The van der Waals surface area contributed by atoms with Crippen LogP contribution in [0.4, 0.5) is 10.5 Å². The molecule has 2 aromatic rings. The number of nitrogens with zero attached hydrogens (tertiary/aromatic N) is 1. The van der Waals surface area contributed by atoms with Crippen LogP contribution in [0.5, 0.6) is 0 Å². The normalized spacial score (nSPS) is 11.5. The van der Waals surface area contributed by atoms with Crippen LogP contribution in [0.2, 0.25) is 0 Å². The van der Waals surface area contributed by atoms with E-state index in [1.807, 2.05) is 37.3 Å². The van der Waals surface area contributed by atoms with Crippen LogP contribution < -0.4 is 10.6 Å². The van der Waals surface area contributed by atoms with Gasteiger partial charge < -0.3 is 15.5 Å². The molecule has 138 valence electrons. The number of benzene rings is 2. The maximum absolute atomic E-state index is 12.4. The third kappa shape index (κ3) is 5.34. The first-order chi connectivity index (χ1) is 12.4. The Balaban J connectivity index is 2.01. The summed E-state index contributed by atoms with van der Waals surface area (Å²) in [5.74, 6) is -0.0101. The predicted molar refractivity (Wildman–Crippen MR) is 105 cm³/mol. The molecule has 2 rings (SSSR count). The second-order valence-corrected chi connectivity index (χ2v) is 6.54. The monoisotopic (exact) mass is 353 g/mol. The van der Waals surface area contributed by atoms with Gasteiger partial charge in [0.05, 0.1) is 12.5 Å². The van der Waals surface area contributed by atoms with E-state index in [1.54, 1.807) is 25.1 Å². The molecule has 0 bridgehead atoms. The molecule has 26 heavy (non-hydrogen) atoms. The van der Waals surface area contributed by atoms with Gasteiger partial charge in [0, 0.05) is 19.8 Å². The van der Waals surface area contributed by atoms with Crippen LogP contribution in [-0.2, 0) is 17.6 Å². The average molecular weight is 353 g/mol. The molecule has 0 aliphatic carbocycles. The highest BCUT2D eigenvalue weighted by Crippen LogP contribution is 2.18. The first-order valence-electron chi connectivity index (χ1n) is 8.85. The Bertz CT molecular complexity index is 754. The van der Waals surface area contributed by atoms with E-state index in [4.69, 9.17) is 0 Å². The van der Waals surface area contributed by atoms with E-state index >= 15 is 0 Å². The van der Waals surface area contributed by atoms with Crippen LogP contribution in [0.1, 0.15) is 36.6 Å². The Morgan fingerprint density at radius 1 is 1.04 bits per heavy atom. The lowest BCUT2D eigenvalue weighted by atomic mass is 10.1. The third-order valence-corrected chi connectivity index (χ3v) is 4.34. The van der Waals surface area contributed by atoms with Gasteiger partial charge in [-0.05, 0) is 36.1 Å². The van der Waals surface area contributed by atoms with E-state index in [-0.39, 0.29) is 24.4 Å². The number of urea groups is 1. The van der Waals surface area contributed by atoms with Crippen molar-refractivity contribution in [2.45, 2.75) is 32.7 Å². The van der Waals surface area contributed by atoms with Crippen LogP contribution >= 0.6 is 0 Å². The molecule has 1 unspecified atom stereocenters. The molecule has 0 fully saturated rings. The van der Waals surface area contributed by atoms with Crippen LogP contribution in [0.3, 0.4) is 0 Å². The van der Waals surface area contributed by atoms with Gasteiger partial charge in [-0.25, -0.2) is 4.79 Å². The minimum Gasteiger partial charge on any atom is -0.349 e. The molecule has 0 saturated heterocycles. The molecular weight excluding hydrogens is 326 g/mol. The van der Waals surface area contributed by atoms with Crippen molar-refractivity contribution in [3.8, 4) is 0 Å². The Labute approximate surface area is 155 Å². The van der Waals surface area contributed by atoms with E-state index < -0.39 is 0 Å². The highest BCUT2D eigenvalue weighted by molar-refractivity contribution is 5.91. The van der Waals surface area contributed by atoms with Crippen molar-refractivity contribution in [3.05, 3.63) is 65.2 Å². The fraction of sp³-hybridized carbons (Fsp3) is 0.333. The lowest BCUT2D eigenvalue weighted by Crippen LogP contribution is -2.32. The zero-order chi connectivity index (χ0) is 19.1. The van der Waals surface area contributed by atoms with Gasteiger partial charge >= 0.3 is 6.03 Å². The second kappa shape index (κ2) is 9.04. The Kier molecular flexibility index (Phi) is 6.78. The number of para-hydroxylation sites is 1. The van der Waals surface area contributed by atoms with Gasteiger partial charge in [0.2, 0.25) is 5.91 Å². The van der Waals surface area contributed by atoms with E-state index in [9.17, 15) is 9.59 Å². The third-order valence-electron chi connectivity index (χ3n) is 4.34. The van der Waals surface area contributed by atoms with E-state index in [0.717, 1.165) is 17.5 Å². The number of carbonyl (C=O) groups is 2. The maximum Gasteiger partial charge on any atom is 0.319 e. The molecule has 2 N–H and O–H groups in total. The first kappa shape index (κ1) is 19.5. The Hall–Kier alpha value is -2.82. The summed E-state index contributed by atoms with van der Waals surface area (Å²) in [7, 11) is 3.44. The summed E-state index contributed by atoms with van der Waals surface area (Å²) in [6, 6.07) is 15.2. The maximum atomic E-state index is 12.4. The fourth-order valence-electron chi connectivity index (χ4n) is 2.60. The molecule has 5 nitrogen and oxygen atoms in total. The molecule has 0 heterocycles. The van der Waals surface area contributed by atoms with Gasteiger partial charge in [-0.15, -0.1) is 0 Å². The standard InChI is InChI=1S/C21H27N3O2/c1-5-16-10-12-17(13-11-16)15(2)22-21(26)23-19-9-7-6-8-18(19)14-20(25)24(3)4/h6-13,15H,5,14H2,1-4H3,(H2,22,23,26). The zero-order valence-electron chi connectivity index (χ0n) is 15.9. The molecule has 0 aromatic heterocycles. The van der Waals surface area contributed by atoms with Crippen molar-refractivity contribution in [3.63, 3.8) is 0 Å². The smallest absolute Gasteiger partial charge is 0.319 e. The van der Waals surface area contributed by atoms with Crippen molar-refractivity contribution in [1.29, 1.82) is 0 Å². The number of hydrogen-bond donors (Lipinski definition) is 2. The van der Waals surface area contributed by atoms with Gasteiger partial charge in [0.25, 0.3) is 0 Å². The number of carbonyl (C=O) groups excluding carboxylic acids is 2. The van der Waals surface area contributed by atoms with Crippen molar-refractivity contribution >= 4 is 17.6 Å². The number of nitrogens with one attached hydrogen (secondary N) is 2. The zero-order valence-corrected chi connectivity index (χ0v) is 15.9. The Morgan fingerprint density at radius 3 is 2.31 bits per heavy atom. The second-order valence-electron chi connectivity index (χ2n) is 6.54. The van der Waals surface area contributed by atoms with Gasteiger partial charge in [-0.1, -0.05) is 49.4 Å². The molecule has 0 radical (unpaired) electrons. The largest absolute Gasteiger partial charge is 0.349 e. The van der Waals surface area contributed by atoms with Crippen LogP contribution in [0, 0.1) is 0 Å². The van der Waals surface area contributed by atoms with Gasteiger partial charge in [0.15, 0.2) is 0 Å².